The maximum Gasteiger partial charge on any atom is 0.0410 e. The van der Waals surface area contributed by atoms with Crippen molar-refractivity contribution < 1.29 is 0 Å². The van der Waals surface area contributed by atoms with Crippen LogP contribution in [0, 0.1) is 5.92 Å². The van der Waals surface area contributed by atoms with Crippen molar-refractivity contribution in [1.29, 1.82) is 0 Å². The van der Waals surface area contributed by atoms with Crippen LogP contribution >= 0.6 is 0 Å². The summed E-state index contributed by atoms with van der Waals surface area (Å²) in [6, 6.07) is 0. The molecule has 0 spiro atoms. The minimum absolute atomic E-state index is 0.635. The first-order valence-electron chi connectivity index (χ1n) is 5.36. The largest absolute Gasteiger partial charge is 0.398 e. The fourth-order valence-electron chi connectivity index (χ4n) is 1.63. The fourth-order valence-corrected chi connectivity index (χ4v) is 1.63. The van der Waals surface area contributed by atoms with Gasteiger partial charge in [-0.2, -0.15) is 0 Å². The zero-order valence-corrected chi connectivity index (χ0v) is 9.38. The molecule has 0 aliphatic rings. The maximum absolute atomic E-state index is 6.08. The van der Waals surface area contributed by atoms with Gasteiger partial charge in [0.2, 0.25) is 0 Å². The lowest BCUT2D eigenvalue weighted by atomic mass is 10.00. The van der Waals surface area contributed by atoms with Gasteiger partial charge in [-0.1, -0.05) is 27.2 Å². The molecule has 2 N–H and O–H groups in total. The number of aryl methyl sites for hydroxylation is 1. The van der Waals surface area contributed by atoms with Gasteiger partial charge >= 0.3 is 0 Å². The van der Waals surface area contributed by atoms with E-state index in [4.69, 9.17) is 5.73 Å². The first-order valence-corrected chi connectivity index (χ1v) is 5.36. The number of pyridine rings is 1. The normalized spacial score (nSPS) is 10.9. The van der Waals surface area contributed by atoms with E-state index in [-0.39, 0.29) is 0 Å². The van der Waals surface area contributed by atoms with E-state index in [0.29, 0.717) is 5.92 Å². The van der Waals surface area contributed by atoms with Crippen molar-refractivity contribution in [3.63, 3.8) is 0 Å². The predicted molar refractivity (Wildman–Crippen MR) is 61.2 cm³/mol. The van der Waals surface area contributed by atoms with Crippen LogP contribution in [-0.2, 0) is 12.8 Å². The van der Waals surface area contributed by atoms with Crippen LogP contribution in [0.15, 0.2) is 12.4 Å². The number of nitrogen functional groups attached to an aromatic ring is 1. The maximum atomic E-state index is 6.08. The van der Waals surface area contributed by atoms with Crippen molar-refractivity contribution >= 4 is 5.69 Å². The summed E-state index contributed by atoms with van der Waals surface area (Å²) in [6.07, 6.45) is 6.97. The lowest BCUT2D eigenvalue weighted by molar-refractivity contribution is 0.646. The molecule has 1 aromatic rings. The number of anilines is 1. The third-order valence-corrected chi connectivity index (χ3v) is 2.30. The van der Waals surface area contributed by atoms with Gasteiger partial charge in [0.25, 0.3) is 0 Å². The zero-order valence-electron chi connectivity index (χ0n) is 9.38. The molecule has 2 heteroatoms. The minimum atomic E-state index is 0.635. The molecular weight excluding hydrogens is 172 g/mol. The summed E-state index contributed by atoms with van der Waals surface area (Å²) in [7, 11) is 0. The standard InChI is InChI=1S/C12H20N2/c1-4-5-10-7-14-8-11(12(10)13)6-9(2)3/h7-9H,4-6H2,1-3H3,(H2,13,14). The molecule has 14 heavy (non-hydrogen) atoms. The molecule has 0 aliphatic heterocycles. The van der Waals surface area contributed by atoms with E-state index in [1.54, 1.807) is 0 Å². The van der Waals surface area contributed by atoms with Crippen LogP contribution in [0.25, 0.3) is 0 Å². The van der Waals surface area contributed by atoms with Crippen molar-refractivity contribution in [3.8, 4) is 0 Å². The van der Waals surface area contributed by atoms with E-state index in [2.05, 4.69) is 25.8 Å². The van der Waals surface area contributed by atoms with Crippen molar-refractivity contribution in [3.05, 3.63) is 23.5 Å². The third-order valence-electron chi connectivity index (χ3n) is 2.30. The third kappa shape index (κ3) is 2.72. The number of nitrogens with zero attached hydrogens (tertiary/aromatic N) is 1. The summed E-state index contributed by atoms with van der Waals surface area (Å²) in [6.45, 7) is 6.56. The van der Waals surface area contributed by atoms with Gasteiger partial charge in [0.1, 0.15) is 0 Å². The van der Waals surface area contributed by atoms with Gasteiger partial charge in [0.15, 0.2) is 0 Å². The fraction of sp³-hybridized carbons (Fsp3) is 0.583. The molecule has 0 saturated heterocycles. The molecule has 1 aromatic heterocycles. The molecule has 78 valence electrons. The molecule has 0 radical (unpaired) electrons. The Morgan fingerprint density at radius 3 is 2.50 bits per heavy atom. The van der Waals surface area contributed by atoms with E-state index in [9.17, 15) is 0 Å². The molecule has 1 heterocycles. The van der Waals surface area contributed by atoms with Gasteiger partial charge in [0.05, 0.1) is 0 Å². The molecule has 0 aromatic carbocycles. The van der Waals surface area contributed by atoms with Crippen LogP contribution in [0.5, 0.6) is 0 Å². The quantitative estimate of drug-likeness (QED) is 0.796. The lowest BCUT2D eigenvalue weighted by Gasteiger charge is -2.11. The Labute approximate surface area is 86.5 Å². The summed E-state index contributed by atoms with van der Waals surface area (Å²) >= 11 is 0. The van der Waals surface area contributed by atoms with Crippen molar-refractivity contribution in [2.45, 2.75) is 40.0 Å². The number of hydrogen-bond donors (Lipinski definition) is 1. The van der Waals surface area contributed by atoms with Crippen molar-refractivity contribution in [2.75, 3.05) is 5.73 Å². The number of hydrogen-bond acceptors (Lipinski definition) is 2. The van der Waals surface area contributed by atoms with E-state index in [1.807, 2.05) is 12.4 Å². The smallest absolute Gasteiger partial charge is 0.0410 e. The highest BCUT2D eigenvalue weighted by atomic mass is 14.7. The van der Waals surface area contributed by atoms with Gasteiger partial charge in [-0.3, -0.25) is 4.98 Å². The number of rotatable bonds is 4. The molecule has 2 nitrogen and oxygen atoms in total. The van der Waals surface area contributed by atoms with Gasteiger partial charge in [-0.15, -0.1) is 0 Å². The summed E-state index contributed by atoms with van der Waals surface area (Å²) < 4.78 is 0. The van der Waals surface area contributed by atoms with Crippen LogP contribution in [0.1, 0.15) is 38.3 Å². The van der Waals surface area contributed by atoms with Gasteiger partial charge < -0.3 is 5.73 Å². The van der Waals surface area contributed by atoms with Crippen LogP contribution in [-0.4, -0.2) is 4.98 Å². The second kappa shape index (κ2) is 4.99. The molecule has 0 aliphatic carbocycles. The van der Waals surface area contributed by atoms with Crippen molar-refractivity contribution in [1.82, 2.24) is 4.98 Å². The molecule has 0 bridgehead atoms. The van der Waals surface area contributed by atoms with Gasteiger partial charge in [-0.05, 0) is 29.9 Å². The topological polar surface area (TPSA) is 38.9 Å². The first-order chi connectivity index (χ1) is 6.65. The summed E-state index contributed by atoms with van der Waals surface area (Å²) in [5.74, 6) is 0.635. The first kappa shape index (κ1) is 11.0. The molecule has 0 amide bonds. The Hall–Kier alpha value is -1.05. The summed E-state index contributed by atoms with van der Waals surface area (Å²) in [4.78, 5) is 4.24. The van der Waals surface area contributed by atoms with Crippen molar-refractivity contribution in [2.24, 2.45) is 5.92 Å². The highest BCUT2D eigenvalue weighted by molar-refractivity contribution is 5.52. The molecule has 0 unspecified atom stereocenters. The Kier molecular flexibility index (Phi) is 3.93. The molecule has 0 fully saturated rings. The van der Waals surface area contributed by atoms with Crippen LogP contribution < -0.4 is 5.73 Å². The number of aromatic nitrogens is 1. The van der Waals surface area contributed by atoms with E-state index >= 15 is 0 Å². The Balaban J connectivity index is 2.89. The molecule has 0 atom stereocenters. The van der Waals surface area contributed by atoms with E-state index < -0.39 is 0 Å². The van der Waals surface area contributed by atoms with E-state index in [1.165, 1.54) is 11.1 Å². The minimum Gasteiger partial charge on any atom is -0.398 e. The predicted octanol–water partition coefficient (Wildman–Crippen LogP) is 2.81. The van der Waals surface area contributed by atoms with Crippen LogP contribution in [0.3, 0.4) is 0 Å². The van der Waals surface area contributed by atoms with E-state index in [0.717, 1.165) is 24.9 Å². The highest BCUT2D eigenvalue weighted by Crippen LogP contribution is 2.20. The second-order valence-electron chi connectivity index (χ2n) is 4.22. The molecule has 1 rings (SSSR count). The zero-order chi connectivity index (χ0) is 10.6. The number of nitrogens with two attached hydrogens (primary N) is 1. The average molecular weight is 192 g/mol. The molecule has 0 saturated carbocycles. The second-order valence-corrected chi connectivity index (χ2v) is 4.22. The highest BCUT2D eigenvalue weighted by Gasteiger charge is 2.06. The lowest BCUT2D eigenvalue weighted by Crippen LogP contribution is -2.04. The summed E-state index contributed by atoms with van der Waals surface area (Å²) in [5, 5.41) is 0. The Morgan fingerprint density at radius 1 is 1.29 bits per heavy atom. The average Bonchev–Trinajstić information content (AvgIpc) is 2.11. The van der Waals surface area contributed by atoms with Gasteiger partial charge in [0, 0.05) is 18.1 Å². The SMILES string of the molecule is CCCc1cncc(CC(C)C)c1N. The monoisotopic (exact) mass is 192 g/mol. The summed E-state index contributed by atoms with van der Waals surface area (Å²) in [5.41, 5.74) is 9.43. The van der Waals surface area contributed by atoms with Gasteiger partial charge in [-0.25, -0.2) is 0 Å². The van der Waals surface area contributed by atoms with Crippen LogP contribution in [0.4, 0.5) is 5.69 Å². The Morgan fingerprint density at radius 2 is 1.93 bits per heavy atom. The Bertz CT molecular complexity index is 292. The molecular formula is C12H20N2. The van der Waals surface area contributed by atoms with Crippen LogP contribution in [0.2, 0.25) is 0 Å².